The number of aliphatic hydroxyl groups is 1. The summed E-state index contributed by atoms with van der Waals surface area (Å²) in [5, 5.41) is 12.0. The molecule has 1 amide bonds. The van der Waals surface area contributed by atoms with Crippen molar-refractivity contribution < 1.29 is 9.90 Å². The molecule has 0 bridgehead atoms. The summed E-state index contributed by atoms with van der Waals surface area (Å²) < 4.78 is 0. The number of amides is 1. The van der Waals surface area contributed by atoms with Crippen LogP contribution in [0.3, 0.4) is 0 Å². The zero-order valence-electron chi connectivity index (χ0n) is 10.0. The molecule has 4 N–H and O–H groups in total. The zero-order chi connectivity index (χ0) is 13.7. The fraction of sp³-hybridized carbons (Fsp3) is 0.417. The Hall–Kier alpha value is -0.970. The highest BCUT2D eigenvalue weighted by molar-refractivity contribution is 6.43. The first kappa shape index (κ1) is 15.1. The molecule has 0 spiro atoms. The molecule has 1 atom stereocenters. The average molecular weight is 291 g/mol. The van der Waals surface area contributed by atoms with E-state index in [0.717, 1.165) is 0 Å². The Labute approximate surface area is 116 Å². The van der Waals surface area contributed by atoms with E-state index in [1.807, 2.05) is 6.92 Å². The quantitative estimate of drug-likeness (QED) is 0.729. The Morgan fingerprint density at radius 1 is 1.50 bits per heavy atom. The summed E-state index contributed by atoms with van der Waals surface area (Å²) >= 11 is 11.7. The van der Waals surface area contributed by atoms with Gasteiger partial charge < -0.3 is 16.2 Å². The van der Waals surface area contributed by atoms with Gasteiger partial charge in [0.25, 0.3) is 5.91 Å². The van der Waals surface area contributed by atoms with Crippen molar-refractivity contribution >= 4 is 34.8 Å². The number of aliphatic hydroxyl groups excluding tert-OH is 1. The highest BCUT2D eigenvalue weighted by Crippen LogP contribution is 2.29. The summed E-state index contributed by atoms with van der Waals surface area (Å²) in [6.07, 6.45) is 1.35. The van der Waals surface area contributed by atoms with Crippen LogP contribution in [0.1, 0.15) is 30.1 Å². The molecule has 6 heteroatoms. The smallest absolute Gasteiger partial charge is 0.251 e. The van der Waals surface area contributed by atoms with Crippen molar-refractivity contribution in [2.45, 2.75) is 25.8 Å². The Morgan fingerprint density at radius 3 is 2.72 bits per heavy atom. The minimum Gasteiger partial charge on any atom is -0.397 e. The number of rotatable bonds is 5. The van der Waals surface area contributed by atoms with Crippen LogP contribution < -0.4 is 11.1 Å². The van der Waals surface area contributed by atoms with Crippen molar-refractivity contribution in [1.82, 2.24) is 5.32 Å². The fourth-order valence-corrected chi connectivity index (χ4v) is 1.85. The lowest BCUT2D eigenvalue weighted by Crippen LogP contribution is -2.32. The van der Waals surface area contributed by atoms with E-state index in [4.69, 9.17) is 34.0 Å². The van der Waals surface area contributed by atoms with Crippen LogP contribution in [0.4, 0.5) is 5.69 Å². The third kappa shape index (κ3) is 4.05. The number of benzene rings is 1. The van der Waals surface area contributed by atoms with E-state index in [1.165, 1.54) is 12.1 Å². The van der Waals surface area contributed by atoms with Crippen molar-refractivity contribution in [1.29, 1.82) is 0 Å². The van der Waals surface area contributed by atoms with Crippen molar-refractivity contribution in [3.63, 3.8) is 0 Å². The number of nitrogens with one attached hydrogen (secondary N) is 1. The third-order valence-corrected chi connectivity index (χ3v) is 3.31. The second-order valence-electron chi connectivity index (χ2n) is 4.10. The van der Waals surface area contributed by atoms with Crippen LogP contribution in [0.2, 0.25) is 10.0 Å². The molecular formula is C12H16Cl2N2O2. The van der Waals surface area contributed by atoms with E-state index in [0.29, 0.717) is 18.4 Å². The molecular weight excluding hydrogens is 275 g/mol. The van der Waals surface area contributed by atoms with Crippen LogP contribution in [-0.2, 0) is 0 Å². The molecule has 1 rings (SSSR count). The van der Waals surface area contributed by atoms with Gasteiger partial charge in [0.05, 0.1) is 15.7 Å². The van der Waals surface area contributed by atoms with Gasteiger partial charge in [0, 0.05) is 18.2 Å². The largest absolute Gasteiger partial charge is 0.397 e. The first-order valence-electron chi connectivity index (χ1n) is 5.62. The molecule has 4 nitrogen and oxygen atoms in total. The minimum absolute atomic E-state index is 0.0275. The van der Waals surface area contributed by atoms with E-state index >= 15 is 0 Å². The molecule has 1 aromatic carbocycles. The van der Waals surface area contributed by atoms with Gasteiger partial charge in [0.15, 0.2) is 0 Å². The first-order valence-corrected chi connectivity index (χ1v) is 6.37. The normalized spacial score (nSPS) is 12.2. The lowest BCUT2D eigenvalue weighted by atomic mass is 10.1. The number of anilines is 1. The van der Waals surface area contributed by atoms with Crippen molar-refractivity contribution in [3.8, 4) is 0 Å². The van der Waals surface area contributed by atoms with Crippen LogP contribution in [-0.4, -0.2) is 23.7 Å². The van der Waals surface area contributed by atoms with E-state index in [1.54, 1.807) is 0 Å². The van der Waals surface area contributed by atoms with E-state index in [9.17, 15) is 4.79 Å². The summed E-state index contributed by atoms with van der Waals surface area (Å²) in [6, 6.07) is 2.94. The van der Waals surface area contributed by atoms with Gasteiger partial charge in [-0.2, -0.15) is 0 Å². The summed E-state index contributed by atoms with van der Waals surface area (Å²) in [4.78, 5) is 11.9. The number of carbonyl (C=O) groups excluding carboxylic acids is 1. The molecule has 0 radical (unpaired) electrons. The molecule has 0 saturated heterocycles. The number of nitrogen functional groups attached to an aromatic ring is 1. The van der Waals surface area contributed by atoms with Gasteiger partial charge in [-0.25, -0.2) is 0 Å². The predicted molar refractivity (Wildman–Crippen MR) is 74.1 cm³/mol. The van der Waals surface area contributed by atoms with Gasteiger partial charge in [-0.05, 0) is 31.9 Å². The Morgan fingerprint density at radius 2 is 2.17 bits per heavy atom. The van der Waals surface area contributed by atoms with Crippen LogP contribution in [0.25, 0.3) is 0 Å². The second kappa shape index (κ2) is 6.83. The number of hydrogen-bond acceptors (Lipinski definition) is 3. The SMILES string of the molecule is CC(CCCO)NC(=O)c1cc(N)c(Cl)c(Cl)c1. The molecule has 100 valence electrons. The molecule has 1 unspecified atom stereocenters. The molecule has 0 heterocycles. The maximum atomic E-state index is 11.9. The molecule has 18 heavy (non-hydrogen) atoms. The number of nitrogens with two attached hydrogens (primary N) is 1. The van der Waals surface area contributed by atoms with Gasteiger partial charge >= 0.3 is 0 Å². The summed E-state index contributed by atoms with van der Waals surface area (Å²) in [5.74, 6) is -0.259. The molecule has 0 saturated carbocycles. The first-order chi connectivity index (χ1) is 8.45. The third-order valence-electron chi connectivity index (χ3n) is 2.49. The number of carbonyl (C=O) groups is 1. The Kier molecular flexibility index (Phi) is 5.72. The highest BCUT2D eigenvalue weighted by Gasteiger charge is 2.13. The van der Waals surface area contributed by atoms with Gasteiger partial charge in [-0.15, -0.1) is 0 Å². The minimum atomic E-state index is -0.259. The van der Waals surface area contributed by atoms with Crippen molar-refractivity contribution in [3.05, 3.63) is 27.7 Å². The van der Waals surface area contributed by atoms with Crippen LogP contribution in [0.5, 0.6) is 0 Å². The lowest BCUT2D eigenvalue weighted by molar-refractivity contribution is 0.0936. The van der Waals surface area contributed by atoms with E-state index in [-0.39, 0.29) is 34.3 Å². The topological polar surface area (TPSA) is 75.3 Å². The van der Waals surface area contributed by atoms with Gasteiger partial charge in [0.1, 0.15) is 0 Å². The van der Waals surface area contributed by atoms with Gasteiger partial charge in [-0.1, -0.05) is 23.2 Å². The van der Waals surface area contributed by atoms with Gasteiger partial charge in [-0.3, -0.25) is 4.79 Å². The molecule has 0 aromatic heterocycles. The molecule has 0 fully saturated rings. The predicted octanol–water partition coefficient (Wildman–Crippen LogP) is 2.47. The van der Waals surface area contributed by atoms with Crippen molar-refractivity contribution in [2.75, 3.05) is 12.3 Å². The van der Waals surface area contributed by atoms with E-state index in [2.05, 4.69) is 5.32 Å². The van der Waals surface area contributed by atoms with Crippen LogP contribution >= 0.6 is 23.2 Å². The van der Waals surface area contributed by atoms with Crippen molar-refractivity contribution in [2.24, 2.45) is 0 Å². The average Bonchev–Trinajstić information content (AvgIpc) is 2.32. The maximum absolute atomic E-state index is 11.9. The molecule has 0 aliphatic heterocycles. The molecule has 0 aliphatic carbocycles. The lowest BCUT2D eigenvalue weighted by Gasteiger charge is -2.14. The number of halogens is 2. The highest BCUT2D eigenvalue weighted by atomic mass is 35.5. The van der Waals surface area contributed by atoms with Gasteiger partial charge in [0.2, 0.25) is 0 Å². The summed E-state index contributed by atoms with van der Waals surface area (Å²) in [5.41, 5.74) is 6.29. The zero-order valence-corrected chi connectivity index (χ0v) is 11.6. The maximum Gasteiger partial charge on any atom is 0.251 e. The monoisotopic (exact) mass is 290 g/mol. The molecule has 0 aliphatic rings. The summed E-state index contributed by atoms with van der Waals surface area (Å²) in [7, 11) is 0. The standard InChI is InChI=1S/C12H16Cl2N2O2/c1-7(3-2-4-17)16-12(18)8-5-9(13)11(14)10(15)6-8/h5-7,17H,2-4,15H2,1H3,(H,16,18). The Bertz CT molecular complexity index is 415. The van der Waals surface area contributed by atoms with Crippen LogP contribution in [0, 0.1) is 0 Å². The molecule has 1 aromatic rings. The number of hydrogen-bond donors (Lipinski definition) is 3. The van der Waals surface area contributed by atoms with Crippen LogP contribution in [0.15, 0.2) is 12.1 Å². The van der Waals surface area contributed by atoms with E-state index < -0.39 is 0 Å². The fourth-order valence-electron chi connectivity index (χ4n) is 1.52. The summed E-state index contributed by atoms with van der Waals surface area (Å²) in [6.45, 7) is 1.98. The second-order valence-corrected chi connectivity index (χ2v) is 4.89. The Balaban J connectivity index is 2.73.